The number of phenolic OH excluding ortho intramolecular Hbond substituents is 3. The van der Waals surface area contributed by atoms with Gasteiger partial charge in [0.1, 0.15) is 0 Å². The Labute approximate surface area is 141 Å². The van der Waals surface area contributed by atoms with Crippen LogP contribution in [0.15, 0.2) is 15.3 Å². The number of aromatic hydroxyl groups is 3. The lowest BCUT2D eigenvalue weighted by Gasteiger charge is -2.13. The third-order valence-electron chi connectivity index (χ3n) is 4.20. The van der Waals surface area contributed by atoms with Crippen molar-refractivity contribution in [1.82, 2.24) is 0 Å². The lowest BCUT2D eigenvalue weighted by Crippen LogP contribution is -2.16. The number of Topliss-reactive ketones (excluding diaryl/α,β-unsaturated/α-hetero) is 1. The maximum absolute atomic E-state index is 12.3. The molecule has 8 nitrogen and oxygen atoms in total. The van der Waals surface area contributed by atoms with Crippen LogP contribution in [0.2, 0.25) is 0 Å². The molecule has 3 N–H and O–H groups in total. The molecular formula is C17H16O8. The van der Waals surface area contributed by atoms with Crippen molar-refractivity contribution in [3.8, 4) is 17.2 Å². The van der Waals surface area contributed by atoms with Crippen LogP contribution in [0.1, 0.15) is 48.2 Å². The first-order chi connectivity index (χ1) is 11.9. The van der Waals surface area contributed by atoms with Crippen LogP contribution in [0, 0.1) is 0 Å². The normalized spacial score (nSPS) is 16.2. The van der Waals surface area contributed by atoms with Crippen molar-refractivity contribution < 1.29 is 34.1 Å². The Morgan fingerprint density at radius 3 is 2.68 bits per heavy atom. The summed E-state index contributed by atoms with van der Waals surface area (Å²) in [6.45, 7) is 2.11. The quantitative estimate of drug-likeness (QED) is 0.433. The van der Waals surface area contributed by atoms with Crippen molar-refractivity contribution in [3.63, 3.8) is 0 Å². The molecule has 1 aliphatic carbocycles. The highest BCUT2D eigenvalue weighted by molar-refractivity contribution is 6.10. The van der Waals surface area contributed by atoms with E-state index >= 15 is 0 Å². The summed E-state index contributed by atoms with van der Waals surface area (Å²) in [6, 6.07) is 0.915. The van der Waals surface area contributed by atoms with Crippen LogP contribution in [0.5, 0.6) is 17.2 Å². The van der Waals surface area contributed by atoms with Crippen molar-refractivity contribution >= 4 is 22.5 Å². The molecule has 25 heavy (non-hydrogen) atoms. The molecule has 0 radical (unpaired) electrons. The predicted molar refractivity (Wildman–Crippen MR) is 85.0 cm³/mol. The number of unbranched alkanes of at least 4 members (excludes halogenated alkanes) is 1. The van der Waals surface area contributed by atoms with E-state index in [0.29, 0.717) is 6.42 Å². The van der Waals surface area contributed by atoms with Crippen LogP contribution in [0.3, 0.4) is 0 Å². The summed E-state index contributed by atoms with van der Waals surface area (Å²) in [5.41, 5.74) is -0.971. The molecule has 1 aromatic carbocycles. The summed E-state index contributed by atoms with van der Waals surface area (Å²) in [7, 11) is 0. The Kier molecular flexibility index (Phi) is 4.12. The van der Waals surface area contributed by atoms with E-state index in [9.17, 15) is 29.7 Å². The van der Waals surface area contributed by atoms with Crippen LogP contribution < -0.4 is 5.63 Å². The number of carbonyl (C=O) groups excluding carboxylic acids is 2. The molecule has 0 unspecified atom stereocenters. The number of rotatable bonds is 4. The van der Waals surface area contributed by atoms with Crippen LogP contribution in [0.25, 0.3) is 10.8 Å². The van der Waals surface area contributed by atoms with Gasteiger partial charge >= 0.3 is 11.6 Å². The molecule has 2 aromatic rings. The Morgan fingerprint density at radius 1 is 1.28 bits per heavy atom. The first-order valence-corrected chi connectivity index (χ1v) is 7.81. The smallest absolute Gasteiger partial charge is 0.344 e. The van der Waals surface area contributed by atoms with E-state index in [-0.39, 0.29) is 35.1 Å². The van der Waals surface area contributed by atoms with Crippen LogP contribution in [-0.2, 0) is 9.53 Å². The van der Waals surface area contributed by atoms with Gasteiger partial charge in [-0.2, -0.15) is 0 Å². The third kappa shape index (κ3) is 2.59. The van der Waals surface area contributed by atoms with Crippen molar-refractivity contribution in [2.24, 2.45) is 0 Å². The van der Waals surface area contributed by atoms with Gasteiger partial charge < -0.3 is 24.5 Å². The molecule has 0 aliphatic heterocycles. The van der Waals surface area contributed by atoms with E-state index in [1.165, 1.54) is 0 Å². The Balaban J connectivity index is 2.22. The number of ketones is 1. The van der Waals surface area contributed by atoms with Gasteiger partial charge in [0.15, 0.2) is 23.0 Å². The lowest BCUT2D eigenvalue weighted by molar-refractivity contribution is -0.145. The fourth-order valence-electron chi connectivity index (χ4n) is 2.93. The molecule has 3 rings (SSSR count). The highest BCUT2D eigenvalue weighted by Crippen LogP contribution is 2.47. The Hall–Kier alpha value is -3.03. The molecule has 0 bridgehead atoms. The van der Waals surface area contributed by atoms with Crippen molar-refractivity contribution in [2.45, 2.75) is 32.1 Å². The van der Waals surface area contributed by atoms with Gasteiger partial charge in [-0.3, -0.25) is 9.59 Å². The van der Waals surface area contributed by atoms with Gasteiger partial charge in [-0.05, 0) is 12.5 Å². The number of hydrogen-bond donors (Lipinski definition) is 3. The number of benzene rings is 1. The zero-order valence-electron chi connectivity index (χ0n) is 13.4. The van der Waals surface area contributed by atoms with Gasteiger partial charge in [0.05, 0.1) is 17.9 Å². The topological polar surface area (TPSA) is 134 Å². The van der Waals surface area contributed by atoms with Crippen molar-refractivity contribution in [3.05, 3.63) is 27.8 Å². The number of carbonyl (C=O) groups is 2. The summed E-state index contributed by atoms with van der Waals surface area (Å²) >= 11 is 0. The molecule has 0 saturated carbocycles. The summed E-state index contributed by atoms with van der Waals surface area (Å²) < 4.78 is 10.1. The molecule has 1 atom stereocenters. The minimum Gasteiger partial charge on any atom is -0.504 e. The van der Waals surface area contributed by atoms with Gasteiger partial charge in [-0.15, -0.1) is 0 Å². The summed E-state index contributed by atoms with van der Waals surface area (Å²) in [4.78, 5) is 36.5. The maximum Gasteiger partial charge on any atom is 0.344 e. The molecule has 0 saturated heterocycles. The molecule has 8 heteroatoms. The highest BCUT2D eigenvalue weighted by Gasteiger charge is 2.41. The fourth-order valence-corrected chi connectivity index (χ4v) is 2.93. The zero-order chi connectivity index (χ0) is 18.3. The average Bonchev–Trinajstić information content (AvgIpc) is 2.90. The molecule has 0 fully saturated rings. The fraction of sp³-hybridized carbons (Fsp3) is 0.353. The zero-order valence-corrected chi connectivity index (χ0v) is 13.4. The first-order valence-electron chi connectivity index (χ1n) is 7.81. The molecule has 0 spiro atoms. The summed E-state index contributed by atoms with van der Waals surface area (Å²) in [6.07, 6.45) is 1.21. The monoisotopic (exact) mass is 348 g/mol. The largest absolute Gasteiger partial charge is 0.504 e. The summed E-state index contributed by atoms with van der Waals surface area (Å²) in [5, 5.41) is 29.1. The summed E-state index contributed by atoms with van der Waals surface area (Å²) in [5.74, 6) is -5.00. The Morgan fingerprint density at radius 2 is 2.00 bits per heavy atom. The van der Waals surface area contributed by atoms with E-state index in [0.717, 1.165) is 12.5 Å². The molecular weight excluding hydrogens is 332 g/mol. The van der Waals surface area contributed by atoms with Crippen LogP contribution in [-0.4, -0.2) is 33.7 Å². The third-order valence-corrected chi connectivity index (χ3v) is 4.20. The Bertz CT molecular complexity index is 940. The van der Waals surface area contributed by atoms with Crippen molar-refractivity contribution in [2.75, 3.05) is 6.61 Å². The minimum absolute atomic E-state index is 0.00565. The minimum atomic E-state index is -1.05. The number of fused-ring (bicyclic) bond motifs is 3. The number of phenols is 3. The first kappa shape index (κ1) is 16.8. The van der Waals surface area contributed by atoms with E-state index in [1.54, 1.807) is 0 Å². The van der Waals surface area contributed by atoms with E-state index in [2.05, 4.69) is 0 Å². The lowest BCUT2D eigenvalue weighted by atomic mass is 9.96. The number of hydrogen-bond acceptors (Lipinski definition) is 8. The number of esters is 1. The van der Waals surface area contributed by atoms with Crippen LogP contribution in [0.4, 0.5) is 0 Å². The standard InChI is InChI=1S/C17H16O8/c1-2-3-4-24-16(22)8-6-10(19)15-12(8)11-7(17(23)25-15)5-9(18)13(20)14(11)21/h5,8,18,20-21H,2-4,6H2,1H3/t8-/m0/s1. The van der Waals surface area contributed by atoms with Gasteiger partial charge in [0.2, 0.25) is 5.75 Å². The van der Waals surface area contributed by atoms with Crippen LogP contribution >= 0.6 is 0 Å². The SMILES string of the molecule is CCCCOC(=O)[C@H]1CC(=O)c2oc(=O)c3cc(O)c(O)c(O)c3c21. The number of ether oxygens (including phenoxy) is 1. The molecule has 1 heterocycles. The van der Waals surface area contributed by atoms with E-state index in [1.807, 2.05) is 6.92 Å². The molecule has 1 aromatic heterocycles. The molecule has 0 amide bonds. The second-order valence-electron chi connectivity index (χ2n) is 5.85. The van der Waals surface area contributed by atoms with Crippen molar-refractivity contribution in [1.29, 1.82) is 0 Å². The maximum atomic E-state index is 12.3. The van der Waals surface area contributed by atoms with Gasteiger partial charge in [-0.1, -0.05) is 13.3 Å². The van der Waals surface area contributed by atoms with Gasteiger partial charge in [0, 0.05) is 17.4 Å². The molecule has 132 valence electrons. The van der Waals surface area contributed by atoms with Gasteiger partial charge in [0.25, 0.3) is 0 Å². The average molecular weight is 348 g/mol. The van der Waals surface area contributed by atoms with Gasteiger partial charge in [-0.25, -0.2) is 4.79 Å². The van der Waals surface area contributed by atoms with E-state index < -0.39 is 40.5 Å². The van der Waals surface area contributed by atoms with E-state index in [4.69, 9.17) is 9.15 Å². The second kappa shape index (κ2) is 6.12. The second-order valence-corrected chi connectivity index (χ2v) is 5.85. The predicted octanol–water partition coefficient (Wildman–Crippen LogP) is 1.92. The molecule has 1 aliphatic rings. The highest BCUT2D eigenvalue weighted by atomic mass is 16.5.